The van der Waals surface area contributed by atoms with Crippen molar-refractivity contribution in [3.05, 3.63) is 17.3 Å². The number of hydrogen-bond acceptors (Lipinski definition) is 5. The van der Waals surface area contributed by atoms with Gasteiger partial charge in [0.05, 0.1) is 18.3 Å². The van der Waals surface area contributed by atoms with Gasteiger partial charge in [-0.1, -0.05) is 0 Å². The van der Waals surface area contributed by atoms with Crippen molar-refractivity contribution < 1.29 is 24.2 Å². The number of aryl methyl sites for hydroxylation is 2. The lowest BCUT2D eigenvalue weighted by Gasteiger charge is -2.16. The Hall–Kier alpha value is -2.09. The summed E-state index contributed by atoms with van der Waals surface area (Å²) in [6.07, 6.45) is -1.20. The van der Waals surface area contributed by atoms with Gasteiger partial charge in [-0.25, -0.2) is 14.6 Å². The van der Waals surface area contributed by atoms with Crippen LogP contribution in [-0.2, 0) is 11.3 Å². The van der Waals surface area contributed by atoms with Crippen molar-refractivity contribution in [3.8, 4) is 0 Å². The predicted octanol–water partition coefficient (Wildman–Crippen LogP) is -0.0754. The van der Waals surface area contributed by atoms with Crippen molar-refractivity contribution in [1.29, 1.82) is 0 Å². The number of carboxylic acids is 1. The molecule has 1 aromatic heterocycles. The van der Waals surface area contributed by atoms with E-state index in [9.17, 15) is 14.7 Å². The number of nitrogens with zero attached hydrogens (tertiary/aromatic N) is 1. The third kappa shape index (κ3) is 4.25. The number of amides is 2. The molecule has 0 aliphatic rings. The summed E-state index contributed by atoms with van der Waals surface area (Å²) in [4.78, 5) is 26.3. The monoisotopic (exact) mass is 271 g/mol. The Morgan fingerprint density at radius 3 is 2.47 bits per heavy atom. The predicted molar refractivity (Wildman–Crippen MR) is 64.5 cm³/mol. The molecule has 2 unspecified atom stereocenters. The van der Waals surface area contributed by atoms with Gasteiger partial charge in [0.15, 0.2) is 6.04 Å². The zero-order valence-corrected chi connectivity index (χ0v) is 10.9. The summed E-state index contributed by atoms with van der Waals surface area (Å²) in [5.41, 5.74) is 0.726. The van der Waals surface area contributed by atoms with E-state index in [4.69, 9.17) is 9.52 Å². The third-order valence-electron chi connectivity index (χ3n) is 2.51. The molecule has 0 saturated heterocycles. The van der Waals surface area contributed by atoms with Gasteiger partial charge in [-0.15, -0.1) is 0 Å². The number of urea groups is 1. The first-order chi connectivity index (χ1) is 8.81. The maximum Gasteiger partial charge on any atom is 0.328 e. The third-order valence-corrected chi connectivity index (χ3v) is 2.51. The summed E-state index contributed by atoms with van der Waals surface area (Å²) in [6.45, 7) is 4.84. The molecule has 1 heterocycles. The Morgan fingerprint density at radius 2 is 2.05 bits per heavy atom. The van der Waals surface area contributed by atoms with Crippen LogP contribution in [0.15, 0.2) is 4.42 Å². The van der Waals surface area contributed by atoms with Crippen LogP contribution in [0, 0.1) is 13.8 Å². The van der Waals surface area contributed by atoms with Gasteiger partial charge < -0.3 is 25.3 Å². The highest BCUT2D eigenvalue weighted by Crippen LogP contribution is 2.07. The minimum atomic E-state index is -1.37. The molecule has 0 aromatic carbocycles. The molecular formula is C11H17N3O5. The van der Waals surface area contributed by atoms with Gasteiger partial charge in [-0.3, -0.25) is 0 Å². The van der Waals surface area contributed by atoms with E-state index >= 15 is 0 Å². The van der Waals surface area contributed by atoms with Crippen LogP contribution in [-0.4, -0.2) is 39.3 Å². The summed E-state index contributed by atoms with van der Waals surface area (Å²) in [5.74, 6) is -0.327. The fraction of sp³-hybridized carbons (Fsp3) is 0.545. The molecule has 0 fully saturated rings. The van der Waals surface area contributed by atoms with E-state index < -0.39 is 24.1 Å². The van der Waals surface area contributed by atoms with Crippen molar-refractivity contribution >= 4 is 12.0 Å². The largest absolute Gasteiger partial charge is 0.480 e. The Morgan fingerprint density at radius 1 is 1.42 bits per heavy atom. The second kappa shape index (κ2) is 6.19. The number of hydrogen-bond donors (Lipinski definition) is 4. The van der Waals surface area contributed by atoms with E-state index in [0.29, 0.717) is 11.7 Å². The van der Waals surface area contributed by atoms with Gasteiger partial charge in [-0.2, -0.15) is 0 Å². The molecule has 0 saturated carbocycles. The molecule has 1 aromatic rings. The number of aromatic nitrogens is 1. The van der Waals surface area contributed by atoms with Crippen molar-refractivity contribution in [2.75, 3.05) is 0 Å². The molecule has 2 atom stereocenters. The van der Waals surface area contributed by atoms with Crippen molar-refractivity contribution in [1.82, 2.24) is 15.6 Å². The van der Waals surface area contributed by atoms with Crippen LogP contribution in [0.2, 0.25) is 0 Å². The van der Waals surface area contributed by atoms with Crippen LogP contribution >= 0.6 is 0 Å². The fourth-order valence-electron chi connectivity index (χ4n) is 1.35. The molecule has 8 nitrogen and oxygen atoms in total. The van der Waals surface area contributed by atoms with Gasteiger partial charge in [0.2, 0.25) is 5.89 Å². The smallest absolute Gasteiger partial charge is 0.328 e. The highest BCUT2D eigenvalue weighted by Gasteiger charge is 2.24. The molecule has 0 radical (unpaired) electrons. The van der Waals surface area contributed by atoms with Crippen LogP contribution in [0.5, 0.6) is 0 Å². The van der Waals surface area contributed by atoms with Crippen LogP contribution in [0.25, 0.3) is 0 Å². The van der Waals surface area contributed by atoms with E-state index in [2.05, 4.69) is 15.6 Å². The Labute approximate surface area is 109 Å². The Kier molecular flexibility index (Phi) is 4.87. The lowest BCUT2D eigenvalue weighted by Crippen LogP contribution is -2.51. The number of carbonyl (C=O) groups is 2. The Bertz CT molecular complexity index is 449. The highest BCUT2D eigenvalue weighted by molar-refractivity contribution is 5.82. The molecule has 106 valence electrons. The minimum absolute atomic E-state index is 0.0344. The summed E-state index contributed by atoms with van der Waals surface area (Å²) < 4.78 is 5.25. The summed E-state index contributed by atoms with van der Waals surface area (Å²) in [5, 5.41) is 22.5. The molecule has 0 aliphatic carbocycles. The topological polar surface area (TPSA) is 125 Å². The number of carbonyl (C=O) groups excluding carboxylic acids is 1. The molecule has 0 aliphatic heterocycles. The van der Waals surface area contributed by atoms with Crippen molar-refractivity contribution in [2.45, 2.75) is 39.5 Å². The quantitative estimate of drug-likeness (QED) is 0.594. The molecule has 8 heteroatoms. The normalized spacial score (nSPS) is 13.7. The van der Waals surface area contributed by atoms with Crippen molar-refractivity contribution in [3.63, 3.8) is 0 Å². The van der Waals surface area contributed by atoms with Gasteiger partial charge >= 0.3 is 12.0 Å². The van der Waals surface area contributed by atoms with E-state index in [1.807, 2.05) is 0 Å². The molecule has 0 spiro atoms. The summed E-state index contributed by atoms with van der Waals surface area (Å²) in [7, 11) is 0. The first-order valence-corrected chi connectivity index (χ1v) is 5.69. The van der Waals surface area contributed by atoms with Gasteiger partial charge in [0, 0.05) is 0 Å². The molecule has 2 amide bonds. The number of rotatable bonds is 5. The maximum absolute atomic E-state index is 11.5. The second-order valence-electron chi connectivity index (χ2n) is 4.13. The second-order valence-corrected chi connectivity index (χ2v) is 4.13. The summed E-state index contributed by atoms with van der Waals surface area (Å²) >= 11 is 0. The summed E-state index contributed by atoms with van der Waals surface area (Å²) in [6, 6.07) is -2.09. The van der Waals surface area contributed by atoms with E-state index in [1.54, 1.807) is 13.8 Å². The number of aliphatic hydroxyl groups is 1. The standard InChI is InChI=1S/C11H17N3O5/c1-5-7(3)19-8(13-5)4-12-11(18)14-9(6(2)15)10(16)17/h6,9,15H,4H2,1-3H3,(H,16,17)(H2,12,14,18). The maximum atomic E-state index is 11.5. The average Bonchev–Trinajstić information content (AvgIpc) is 2.62. The molecule has 4 N–H and O–H groups in total. The lowest BCUT2D eigenvalue weighted by molar-refractivity contribution is -0.141. The average molecular weight is 271 g/mol. The van der Waals surface area contributed by atoms with Crippen LogP contribution in [0.4, 0.5) is 4.79 Å². The van der Waals surface area contributed by atoms with Crippen LogP contribution < -0.4 is 10.6 Å². The van der Waals surface area contributed by atoms with Crippen molar-refractivity contribution in [2.24, 2.45) is 0 Å². The number of aliphatic hydroxyl groups excluding tert-OH is 1. The molecule has 0 bridgehead atoms. The zero-order valence-electron chi connectivity index (χ0n) is 10.9. The number of aliphatic carboxylic acids is 1. The van der Waals surface area contributed by atoms with Gasteiger partial charge in [0.25, 0.3) is 0 Å². The van der Waals surface area contributed by atoms with Crippen LogP contribution in [0.1, 0.15) is 24.3 Å². The number of nitrogens with one attached hydrogen (secondary N) is 2. The van der Waals surface area contributed by atoms with E-state index in [1.165, 1.54) is 6.92 Å². The first-order valence-electron chi connectivity index (χ1n) is 5.69. The van der Waals surface area contributed by atoms with Crippen LogP contribution in [0.3, 0.4) is 0 Å². The number of carboxylic acid groups (broad SMARTS) is 1. The van der Waals surface area contributed by atoms with E-state index in [0.717, 1.165) is 5.69 Å². The lowest BCUT2D eigenvalue weighted by atomic mass is 10.2. The van der Waals surface area contributed by atoms with Gasteiger partial charge in [-0.05, 0) is 20.8 Å². The SMILES string of the molecule is Cc1nc(CNC(=O)NC(C(=O)O)C(C)O)oc1C. The fourth-order valence-corrected chi connectivity index (χ4v) is 1.35. The molecular weight excluding hydrogens is 254 g/mol. The molecule has 19 heavy (non-hydrogen) atoms. The first kappa shape index (κ1) is 15.0. The highest BCUT2D eigenvalue weighted by atomic mass is 16.4. The minimum Gasteiger partial charge on any atom is -0.480 e. The Balaban J connectivity index is 2.49. The van der Waals surface area contributed by atoms with Gasteiger partial charge in [0.1, 0.15) is 5.76 Å². The zero-order chi connectivity index (χ0) is 14.6. The number of oxazole rings is 1. The van der Waals surface area contributed by atoms with E-state index in [-0.39, 0.29) is 6.54 Å². The molecule has 1 rings (SSSR count).